The van der Waals surface area contributed by atoms with Gasteiger partial charge in [0.2, 0.25) is 5.91 Å². The SMILES string of the molecule is O=C(CNc1ccc2c(c1)OCCO2)Nc1cccc(C(F)(F)F)c1. The van der Waals surface area contributed by atoms with Crippen LogP contribution in [0.3, 0.4) is 0 Å². The topological polar surface area (TPSA) is 59.6 Å². The molecule has 0 spiro atoms. The number of carbonyl (C=O) groups excluding carboxylic acids is 1. The van der Waals surface area contributed by atoms with Gasteiger partial charge in [-0.3, -0.25) is 4.79 Å². The summed E-state index contributed by atoms with van der Waals surface area (Å²) in [6.07, 6.45) is -4.45. The molecule has 0 bridgehead atoms. The fourth-order valence-electron chi connectivity index (χ4n) is 2.31. The number of hydrogen-bond acceptors (Lipinski definition) is 4. The molecule has 0 radical (unpaired) electrons. The maximum Gasteiger partial charge on any atom is 0.416 e. The van der Waals surface area contributed by atoms with Crippen molar-refractivity contribution in [1.82, 2.24) is 0 Å². The maximum absolute atomic E-state index is 12.7. The maximum atomic E-state index is 12.7. The number of halogens is 3. The summed E-state index contributed by atoms with van der Waals surface area (Å²) in [7, 11) is 0. The molecule has 2 aromatic rings. The molecule has 3 rings (SSSR count). The second-order valence-corrected chi connectivity index (χ2v) is 5.34. The number of carbonyl (C=O) groups is 1. The van der Waals surface area contributed by atoms with Crippen LogP contribution in [0.15, 0.2) is 42.5 Å². The van der Waals surface area contributed by atoms with Crippen molar-refractivity contribution in [2.45, 2.75) is 6.18 Å². The van der Waals surface area contributed by atoms with E-state index in [2.05, 4.69) is 10.6 Å². The van der Waals surface area contributed by atoms with Gasteiger partial charge in [0.05, 0.1) is 12.1 Å². The van der Waals surface area contributed by atoms with E-state index in [0.717, 1.165) is 12.1 Å². The van der Waals surface area contributed by atoms with E-state index in [-0.39, 0.29) is 12.2 Å². The van der Waals surface area contributed by atoms with Gasteiger partial charge >= 0.3 is 6.18 Å². The zero-order valence-corrected chi connectivity index (χ0v) is 13.0. The number of alkyl halides is 3. The summed E-state index contributed by atoms with van der Waals surface area (Å²) in [4.78, 5) is 11.9. The monoisotopic (exact) mass is 352 g/mol. The molecule has 0 fully saturated rings. The second-order valence-electron chi connectivity index (χ2n) is 5.34. The largest absolute Gasteiger partial charge is 0.486 e. The van der Waals surface area contributed by atoms with Crippen LogP contribution < -0.4 is 20.1 Å². The van der Waals surface area contributed by atoms with E-state index in [4.69, 9.17) is 9.47 Å². The summed E-state index contributed by atoms with van der Waals surface area (Å²) in [6, 6.07) is 9.63. The van der Waals surface area contributed by atoms with Crippen LogP contribution in [0.2, 0.25) is 0 Å². The van der Waals surface area contributed by atoms with Gasteiger partial charge in [0.25, 0.3) is 0 Å². The Bertz CT molecular complexity index is 778. The highest BCUT2D eigenvalue weighted by atomic mass is 19.4. The zero-order chi connectivity index (χ0) is 17.9. The number of ether oxygens (including phenoxy) is 2. The summed E-state index contributed by atoms with van der Waals surface area (Å²) < 4.78 is 48.8. The third-order valence-electron chi connectivity index (χ3n) is 3.47. The number of nitrogens with one attached hydrogen (secondary N) is 2. The van der Waals surface area contributed by atoms with E-state index in [1.54, 1.807) is 18.2 Å². The summed E-state index contributed by atoms with van der Waals surface area (Å²) in [5.41, 5.74) is -0.0858. The Balaban J connectivity index is 1.58. The summed E-state index contributed by atoms with van der Waals surface area (Å²) in [6.45, 7) is 0.835. The second kappa shape index (κ2) is 6.92. The van der Waals surface area contributed by atoms with Gasteiger partial charge in [-0.15, -0.1) is 0 Å². The van der Waals surface area contributed by atoms with Gasteiger partial charge in [0.1, 0.15) is 13.2 Å². The van der Waals surface area contributed by atoms with Crippen LogP contribution in [0.25, 0.3) is 0 Å². The normalized spacial score (nSPS) is 13.2. The third-order valence-corrected chi connectivity index (χ3v) is 3.47. The Kier molecular flexibility index (Phi) is 4.69. The summed E-state index contributed by atoms with van der Waals surface area (Å²) in [5, 5.41) is 5.32. The first-order valence-electron chi connectivity index (χ1n) is 7.52. The molecule has 0 aliphatic carbocycles. The molecule has 5 nitrogen and oxygen atoms in total. The van der Waals surface area contributed by atoms with Crippen molar-refractivity contribution in [3.05, 3.63) is 48.0 Å². The van der Waals surface area contributed by atoms with Gasteiger partial charge < -0.3 is 20.1 Å². The molecule has 0 atom stereocenters. The third kappa shape index (κ3) is 4.34. The Hall–Kier alpha value is -2.90. The lowest BCUT2D eigenvalue weighted by atomic mass is 10.2. The van der Waals surface area contributed by atoms with Crippen LogP contribution in [-0.2, 0) is 11.0 Å². The van der Waals surface area contributed by atoms with Gasteiger partial charge in [-0.1, -0.05) is 6.07 Å². The lowest BCUT2D eigenvalue weighted by molar-refractivity contribution is -0.137. The molecular formula is C17H15F3N2O3. The molecule has 0 aromatic heterocycles. The molecule has 1 amide bonds. The van der Waals surface area contributed by atoms with Crippen LogP contribution in [0.5, 0.6) is 11.5 Å². The number of benzene rings is 2. The molecule has 1 heterocycles. The molecule has 0 saturated heterocycles. The quantitative estimate of drug-likeness (QED) is 0.884. The van der Waals surface area contributed by atoms with Gasteiger partial charge in [0, 0.05) is 17.4 Å². The van der Waals surface area contributed by atoms with Crippen LogP contribution in [-0.4, -0.2) is 25.7 Å². The van der Waals surface area contributed by atoms with E-state index >= 15 is 0 Å². The number of fused-ring (bicyclic) bond motifs is 1. The predicted octanol–water partition coefficient (Wildman–Crippen LogP) is 3.53. The minimum atomic E-state index is -4.45. The highest BCUT2D eigenvalue weighted by Crippen LogP contribution is 2.32. The van der Waals surface area contributed by atoms with Gasteiger partial charge in [-0.05, 0) is 30.3 Å². The molecular weight excluding hydrogens is 337 g/mol. The average molecular weight is 352 g/mol. The number of anilines is 2. The molecule has 0 unspecified atom stereocenters. The van der Waals surface area contributed by atoms with Crippen molar-refractivity contribution < 1.29 is 27.4 Å². The van der Waals surface area contributed by atoms with E-state index in [0.29, 0.717) is 30.4 Å². The van der Waals surface area contributed by atoms with E-state index in [1.165, 1.54) is 12.1 Å². The molecule has 8 heteroatoms. The van der Waals surface area contributed by atoms with Gasteiger partial charge in [-0.25, -0.2) is 0 Å². The fraction of sp³-hybridized carbons (Fsp3) is 0.235. The van der Waals surface area contributed by atoms with Crippen molar-refractivity contribution in [2.75, 3.05) is 30.4 Å². The fourth-order valence-corrected chi connectivity index (χ4v) is 2.31. The molecule has 0 saturated carbocycles. The molecule has 2 aromatic carbocycles. The van der Waals surface area contributed by atoms with Crippen molar-refractivity contribution in [3.63, 3.8) is 0 Å². The molecule has 1 aliphatic rings. The Morgan fingerprint density at radius 2 is 1.76 bits per heavy atom. The summed E-state index contributed by atoms with van der Waals surface area (Å²) >= 11 is 0. The molecule has 2 N–H and O–H groups in total. The van der Waals surface area contributed by atoms with Crippen LogP contribution >= 0.6 is 0 Å². The predicted molar refractivity (Wildman–Crippen MR) is 86.0 cm³/mol. The Morgan fingerprint density at radius 3 is 2.52 bits per heavy atom. The Labute approximate surface area is 141 Å². The lowest BCUT2D eigenvalue weighted by Crippen LogP contribution is -2.22. The van der Waals surface area contributed by atoms with Crippen LogP contribution in [0.4, 0.5) is 24.5 Å². The smallest absolute Gasteiger partial charge is 0.416 e. The highest BCUT2D eigenvalue weighted by molar-refractivity contribution is 5.93. The minimum absolute atomic E-state index is 0.0869. The zero-order valence-electron chi connectivity index (χ0n) is 13.0. The summed E-state index contributed by atoms with van der Waals surface area (Å²) in [5.74, 6) is 0.744. The van der Waals surface area contributed by atoms with Crippen molar-refractivity contribution >= 4 is 17.3 Å². The molecule has 1 aliphatic heterocycles. The average Bonchev–Trinajstić information content (AvgIpc) is 2.59. The van der Waals surface area contributed by atoms with Crippen LogP contribution in [0.1, 0.15) is 5.56 Å². The molecule has 132 valence electrons. The van der Waals surface area contributed by atoms with Crippen LogP contribution in [0, 0.1) is 0 Å². The van der Waals surface area contributed by atoms with E-state index in [9.17, 15) is 18.0 Å². The molecule has 25 heavy (non-hydrogen) atoms. The van der Waals surface area contributed by atoms with Crippen molar-refractivity contribution in [3.8, 4) is 11.5 Å². The first kappa shape index (κ1) is 16.9. The minimum Gasteiger partial charge on any atom is -0.486 e. The number of amides is 1. The number of hydrogen-bond donors (Lipinski definition) is 2. The Morgan fingerprint density at radius 1 is 1.00 bits per heavy atom. The van der Waals surface area contributed by atoms with E-state index in [1.807, 2.05) is 0 Å². The first-order valence-corrected chi connectivity index (χ1v) is 7.52. The van der Waals surface area contributed by atoms with Gasteiger partial charge in [-0.2, -0.15) is 13.2 Å². The van der Waals surface area contributed by atoms with Crippen molar-refractivity contribution in [1.29, 1.82) is 0 Å². The first-order chi connectivity index (χ1) is 11.9. The van der Waals surface area contributed by atoms with Gasteiger partial charge in [0.15, 0.2) is 11.5 Å². The number of rotatable bonds is 4. The lowest BCUT2D eigenvalue weighted by Gasteiger charge is -2.19. The highest BCUT2D eigenvalue weighted by Gasteiger charge is 2.30. The van der Waals surface area contributed by atoms with E-state index < -0.39 is 17.6 Å². The standard InChI is InChI=1S/C17H15F3N2O3/c18-17(19,20)11-2-1-3-13(8-11)22-16(23)10-21-12-4-5-14-15(9-12)25-7-6-24-14/h1-5,8-9,21H,6-7,10H2,(H,22,23). The van der Waals surface area contributed by atoms with Crippen molar-refractivity contribution in [2.24, 2.45) is 0 Å².